The summed E-state index contributed by atoms with van der Waals surface area (Å²) >= 11 is 0. The van der Waals surface area contributed by atoms with Crippen LogP contribution in [0.2, 0.25) is 0 Å². The molecule has 69 valence electrons. The summed E-state index contributed by atoms with van der Waals surface area (Å²) in [6, 6.07) is 6.40. The summed E-state index contributed by atoms with van der Waals surface area (Å²) in [6.45, 7) is 0. The molecule has 0 spiro atoms. The third-order valence-corrected chi connectivity index (χ3v) is 1.74. The highest BCUT2D eigenvalue weighted by Crippen LogP contribution is 2.08. The van der Waals surface area contributed by atoms with Crippen molar-refractivity contribution in [3.63, 3.8) is 0 Å². The zero-order valence-corrected chi connectivity index (χ0v) is 7.16. The van der Waals surface area contributed by atoms with Gasteiger partial charge in [0.2, 0.25) is 0 Å². The molecule has 13 heavy (non-hydrogen) atoms. The summed E-state index contributed by atoms with van der Waals surface area (Å²) in [5.41, 5.74) is 19.3. The fraction of sp³-hybridized carbons (Fsp3) is 0.222. The van der Waals surface area contributed by atoms with Crippen LogP contribution in [-0.2, 0) is 11.2 Å². The van der Waals surface area contributed by atoms with Crippen LogP contribution in [0.5, 0.6) is 0 Å². The molecular formula is C9H12N3O. The lowest BCUT2D eigenvalue weighted by Gasteiger charge is -2.06. The second-order valence-corrected chi connectivity index (χ2v) is 2.92. The Morgan fingerprint density at radius 1 is 1.54 bits per heavy atom. The molecule has 1 rings (SSSR count). The Balaban J connectivity index is 2.69. The number of nitrogen functional groups attached to an aromatic ring is 1. The molecule has 0 aliphatic heterocycles. The zero-order chi connectivity index (χ0) is 9.84. The standard InChI is InChI=1S/C9H12N3O/c10-7-3-1-2-6(4-7)5-8(11)9(12)13/h1-4,8,12H,5,10-11H2/t8-/m0/s1. The molecular weight excluding hydrogens is 166 g/mol. The van der Waals surface area contributed by atoms with Crippen molar-refractivity contribution in [2.75, 3.05) is 5.73 Å². The molecule has 1 aromatic rings. The minimum absolute atomic E-state index is 0.368. The van der Waals surface area contributed by atoms with E-state index < -0.39 is 11.9 Å². The molecule has 0 aromatic heterocycles. The van der Waals surface area contributed by atoms with Gasteiger partial charge in [-0.15, -0.1) is 0 Å². The number of carbonyl (C=O) groups is 1. The van der Waals surface area contributed by atoms with Gasteiger partial charge in [-0.1, -0.05) is 12.1 Å². The van der Waals surface area contributed by atoms with Gasteiger partial charge >= 0.3 is 0 Å². The number of nitrogens with two attached hydrogens (primary N) is 2. The molecule has 1 radical (unpaired) electrons. The smallest absolute Gasteiger partial charge is 0.255 e. The summed E-state index contributed by atoms with van der Waals surface area (Å²) in [6.07, 6.45) is 0.368. The molecule has 1 amide bonds. The SMILES string of the molecule is [NH]C(=O)[C@@H](N)Cc1cccc(N)c1. The monoisotopic (exact) mass is 178 g/mol. The molecule has 5 N–H and O–H groups in total. The van der Waals surface area contributed by atoms with Crippen molar-refractivity contribution in [2.24, 2.45) is 5.73 Å². The van der Waals surface area contributed by atoms with E-state index in [-0.39, 0.29) is 0 Å². The van der Waals surface area contributed by atoms with Gasteiger partial charge in [-0.05, 0) is 24.1 Å². The van der Waals surface area contributed by atoms with E-state index in [9.17, 15) is 4.79 Å². The predicted molar refractivity (Wildman–Crippen MR) is 50.6 cm³/mol. The molecule has 1 atom stereocenters. The Kier molecular flexibility index (Phi) is 2.87. The number of anilines is 1. The summed E-state index contributed by atoms with van der Waals surface area (Å²) in [5.74, 6) is -0.748. The van der Waals surface area contributed by atoms with Crippen LogP contribution in [0.4, 0.5) is 5.69 Å². The van der Waals surface area contributed by atoms with Crippen LogP contribution >= 0.6 is 0 Å². The normalized spacial score (nSPS) is 12.4. The van der Waals surface area contributed by atoms with Crippen molar-refractivity contribution in [1.29, 1.82) is 0 Å². The van der Waals surface area contributed by atoms with E-state index in [0.717, 1.165) is 5.56 Å². The summed E-state index contributed by atoms with van der Waals surface area (Å²) < 4.78 is 0. The molecule has 0 aliphatic rings. The first-order valence-electron chi connectivity index (χ1n) is 3.95. The maximum Gasteiger partial charge on any atom is 0.255 e. The highest BCUT2D eigenvalue weighted by atomic mass is 16.1. The van der Waals surface area contributed by atoms with Crippen LogP contribution in [0.25, 0.3) is 0 Å². The number of rotatable bonds is 3. The van der Waals surface area contributed by atoms with Gasteiger partial charge in [0.15, 0.2) is 0 Å². The Bertz CT molecular complexity index is 311. The van der Waals surface area contributed by atoms with Gasteiger partial charge in [-0.2, -0.15) is 0 Å². The maximum absolute atomic E-state index is 10.5. The number of carbonyl (C=O) groups excluding carboxylic acids is 1. The summed E-state index contributed by atoms with van der Waals surface area (Å²) in [4.78, 5) is 10.5. The number of hydrogen-bond donors (Lipinski definition) is 2. The highest BCUT2D eigenvalue weighted by molar-refractivity contribution is 5.79. The zero-order valence-electron chi connectivity index (χ0n) is 7.16. The van der Waals surface area contributed by atoms with Crippen molar-refractivity contribution in [2.45, 2.75) is 12.5 Å². The maximum atomic E-state index is 10.5. The molecule has 0 unspecified atom stereocenters. The van der Waals surface area contributed by atoms with Gasteiger partial charge in [0.05, 0.1) is 6.04 Å². The van der Waals surface area contributed by atoms with Crippen molar-refractivity contribution in [3.8, 4) is 0 Å². The molecule has 0 fully saturated rings. The van der Waals surface area contributed by atoms with Crippen molar-refractivity contribution in [1.82, 2.24) is 5.73 Å². The highest BCUT2D eigenvalue weighted by Gasteiger charge is 2.10. The van der Waals surface area contributed by atoms with Crippen molar-refractivity contribution >= 4 is 11.6 Å². The average Bonchev–Trinajstić information content (AvgIpc) is 2.04. The Hall–Kier alpha value is -1.55. The Morgan fingerprint density at radius 3 is 2.77 bits per heavy atom. The summed E-state index contributed by atoms with van der Waals surface area (Å²) in [7, 11) is 0. The molecule has 1 aromatic carbocycles. The number of nitrogens with one attached hydrogen (secondary N) is 1. The van der Waals surface area contributed by atoms with Gasteiger partial charge in [-0.25, -0.2) is 0 Å². The lowest BCUT2D eigenvalue weighted by molar-refractivity contribution is -0.119. The molecule has 4 nitrogen and oxygen atoms in total. The number of amides is 1. The van der Waals surface area contributed by atoms with E-state index in [2.05, 4.69) is 0 Å². The molecule has 0 saturated carbocycles. The van der Waals surface area contributed by atoms with Gasteiger partial charge < -0.3 is 11.5 Å². The third-order valence-electron chi connectivity index (χ3n) is 1.74. The first-order chi connectivity index (χ1) is 6.09. The van der Waals surface area contributed by atoms with Gasteiger partial charge in [-0.3, -0.25) is 10.5 Å². The van der Waals surface area contributed by atoms with E-state index in [0.29, 0.717) is 12.1 Å². The van der Waals surface area contributed by atoms with Crippen molar-refractivity contribution in [3.05, 3.63) is 29.8 Å². The van der Waals surface area contributed by atoms with Gasteiger partial charge in [0.1, 0.15) is 0 Å². The molecule has 0 saturated heterocycles. The van der Waals surface area contributed by atoms with Crippen LogP contribution in [0, 0.1) is 0 Å². The fourth-order valence-corrected chi connectivity index (χ4v) is 1.07. The van der Waals surface area contributed by atoms with E-state index in [1.165, 1.54) is 0 Å². The van der Waals surface area contributed by atoms with Crippen LogP contribution < -0.4 is 17.2 Å². The molecule has 0 aliphatic carbocycles. The van der Waals surface area contributed by atoms with E-state index >= 15 is 0 Å². The van der Waals surface area contributed by atoms with Gasteiger partial charge in [0.25, 0.3) is 5.91 Å². The first kappa shape index (κ1) is 9.54. The van der Waals surface area contributed by atoms with E-state index in [4.69, 9.17) is 17.2 Å². The minimum Gasteiger partial charge on any atom is -0.399 e. The minimum atomic E-state index is -0.748. The topological polar surface area (TPSA) is 92.9 Å². The van der Waals surface area contributed by atoms with Gasteiger partial charge in [0, 0.05) is 5.69 Å². The van der Waals surface area contributed by atoms with Crippen LogP contribution in [0.3, 0.4) is 0 Å². The largest absolute Gasteiger partial charge is 0.399 e. The molecule has 4 heteroatoms. The third kappa shape index (κ3) is 2.76. The van der Waals surface area contributed by atoms with E-state index in [1.54, 1.807) is 18.2 Å². The van der Waals surface area contributed by atoms with Crippen molar-refractivity contribution < 1.29 is 4.79 Å². The van der Waals surface area contributed by atoms with E-state index in [1.807, 2.05) is 6.07 Å². The van der Waals surface area contributed by atoms with Crippen LogP contribution in [0.15, 0.2) is 24.3 Å². The van der Waals surface area contributed by atoms with Crippen LogP contribution in [0.1, 0.15) is 5.56 Å². The second kappa shape index (κ2) is 3.91. The Morgan fingerprint density at radius 2 is 2.23 bits per heavy atom. The first-order valence-corrected chi connectivity index (χ1v) is 3.95. The number of hydrogen-bond acceptors (Lipinski definition) is 3. The number of benzene rings is 1. The second-order valence-electron chi connectivity index (χ2n) is 2.92. The fourth-order valence-electron chi connectivity index (χ4n) is 1.07. The summed E-state index contributed by atoms with van der Waals surface area (Å²) in [5, 5.41) is 0. The Labute approximate surface area is 76.7 Å². The predicted octanol–water partition coefficient (Wildman–Crippen LogP) is -0.0519. The quantitative estimate of drug-likeness (QED) is 0.635. The lowest BCUT2D eigenvalue weighted by Crippen LogP contribution is -2.33. The lowest BCUT2D eigenvalue weighted by atomic mass is 10.1. The molecule has 0 bridgehead atoms. The molecule has 0 heterocycles. The average molecular weight is 178 g/mol. The van der Waals surface area contributed by atoms with Crippen LogP contribution in [-0.4, -0.2) is 11.9 Å².